The zero-order chi connectivity index (χ0) is 14.3. The number of aromatic hydroxyl groups is 1. The summed E-state index contributed by atoms with van der Waals surface area (Å²) in [6.07, 6.45) is 3.77. The third kappa shape index (κ3) is 5.22. The molecule has 0 aliphatic rings. The molecule has 0 radical (unpaired) electrons. The van der Waals surface area contributed by atoms with Gasteiger partial charge in [0.15, 0.2) is 5.78 Å². The van der Waals surface area contributed by atoms with Crippen LogP contribution >= 0.6 is 11.6 Å². The second kappa shape index (κ2) is 7.69. The van der Waals surface area contributed by atoms with Gasteiger partial charge in [-0.1, -0.05) is 0 Å². The number of phenols is 1. The molecule has 0 saturated heterocycles. The third-order valence-electron chi connectivity index (χ3n) is 2.31. The van der Waals surface area contributed by atoms with Crippen LogP contribution in [-0.2, 0) is 0 Å². The van der Waals surface area contributed by atoms with Crippen molar-refractivity contribution < 1.29 is 14.6 Å². The van der Waals surface area contributed by atoms with Crippen molar-refractivity contribution in [2.24, 2.45) is 0 Å². The summed E-state index contributed by atoms with van der Waals surface area (Å²) in [5, 5.41) is 9.81. The Bertz CT molecular complexity index is 458. The maximum atomic E-state index is 11.8. The molecule has 1 aromatic carbocycles. The summed E-state index contributed by atoms with van der Waals surface area (Å²) in [6, 6.07) is 4.64. The average Bonchev–Trinajstić information content (AvgIpc) is 2.36. The summed E-state index contributed by atoms with van der Waals surface area (Å²) >= 11 is 5.54. The van der Waals surface area contributed by atoms with Gasteiger partial charge in [0.1, 0.15) is 11.5 Å². The van der Waals surface area contributed by atoms with Crippen molar-refractivity contribution in [1.82, 2.24) is 4.90 Å². The molecule has 19 heavy (non-hydrogen) atoms. The molecule has 0 spiro atoms. The molecular weight excluding hydrogens is 266 g/mol. The molecule has 0 amide bonds. The number of hydrogen-bond acceptors (Lipinski definition) is 4. The lowest BCUT2D eigenvalue weighted by molar-refractivity contribution is 0.104. The largest absolute Gasteiger partial charge is 0.507 e. The summed E-state index contributed by atoms with van der Waals surface area (Å²) in [5.41, 5.74) is 0.253. The van der Waals surface area contributed by atoms with Crippen molar-refractivity contribution >= 4 is 17.4 Å². The number of ether oxygens (including phenoxy) is 1. The van der Waals surface area contributed by atoms with Crippen LogP contribution in [0.3, 0.4) is 0 Å². The first-order valence-electron chi connectivity index (χ1n) is 5.95. The van der Waals surface area contributed by atoms with E-state index < -0.39 is 0 Å². The summed E-state index contributed by atoms with van der Waals surface area (Å²) in [6.45, 7) is 0.483. The highest BCUT2D eigenvalue weighted by Gasteiger charge is 2.09. The maximum Gasteiger partial charge on any atom is 0.190 e. The van der Waals surface area contributed by atoms with Gasteiger partial charge in [0.25, 0.3) is 0 Å². The molecule has 0 saturated carbocycles. The normalized spacial score (nSPS) is 10.7. The second-order valence-electron chi connectivity index (χ2n) is 4.21. The monoisotopic (exact) mass is 283 g/mol. The number of halogens is 1. The lowest BCUT2D eigenvalue weighted by atomic mass is 10.1. The molecule has 104 valence electrons. The lowest BCUT2D eigenvalue weighted by Gasteiger charge is -2.08. The first-order chi connectivity index (χ1) is 9.04. The number of phenolic OH excluding ortho intramolecular Hbond substituents is 1. The number of rotatable bonds is 7. The molecule has 0 unspecified atom stereocenters. The number of ketones is 1. The maximum absolute atomic E-state index is 11.8. The highest BCUT2D eigenvalue weighted by atomic mass is 35.5. The van der Waals surface area contributed by atoms with Crippen LogP contribution in [0.5, 0.6) is 11.5 Å². The molecule has 0 aliphatic carbocycles. The molecule has 0 aliphatic heterocycles. The van der Waals surface area contributed by atoms with Crippen LogP contribution in [0.15, 0.2) is 30.5 Å². The first kappa shape index (κ1) is 15.4. The lowest BCUT2D eigenvalue weighted by Crippen LogP contribution is -2.03. The molecule has 0 bridgehead atoms. The van der Waals surface area contributed by atoms with Gasteiger partial charge in [0, 0.05) is 38.3 Å². The average molecular weight is 284 g/mol. The number of carbonyl (C=O) groups excluding carboxylic acids is 1. The summed E-state index contributed by atoms with van der Waals surface area (Å²) in [4.78, 5) is 13.6. The van der Waals surface area contributed by atoms with Crippen LogP contribution < -0.4 is 4.74 Å². The predicted molar refractivity (Wildman–Crippen MR) is 76.1 cm³/mol. The van der Waals surface area contributed by atoms with E-state index in [9.17, 15) is 9.90 Å². The Labute approximate surface area is 118 Å². The Kier molecular flexibility index (Phi) is 6.22. The van der Waals surface area contributed by atoms with E-state index in [0.29, 0.717) is 18.2 Å². The zero-order valence-electron chi connectivity index (χ0n) is 11.1. The summed E-state index contributed by atoms with van der Waals surface area (Å²) in [5.74, 6) is 0.712. The van der Waals surface area contributed by atoms with E-state index >= 15 is 0 Å². The van der Waals surface area contributed by atoms with E-state index in [-0.39, 0.29) is 17.1 Å². The Morgan fingerprint density at radius 1 is 1.47 bits per heavy atom. The number of hydrogen-bond donors (Lipinski definition) is 1. The van der Waals surface area contributed by atoms with Crippen LogP contribution in [0.1, 0.15) is 16.8 Å². The Morgan fingerprint density at radius 3 is 2.79 bits per heavy atom. The number of allylic oxidation sites excluding steroid dienone is 1. The molecule has 1 aromatic rings. The van der Waals surface area contributed by atoms with Gasteiger partial charge in [-0.2, -0.15) is 0 Å². The fraction of sp³-hybridized carbons (Fsp3) is 0.357. The van der Waals surface area contributed by atoms with Crippen molar-refractivity contribution in [1.29, 1.82) is 0 Å². The van der Waals surface area contributed by atoms with Gasteiger partial charge < -0.3 is 14.7 Å². The molecule has 0 fully saturated rings. The first-order valence-corrected chi connectivity index (χ1v) is 6.48. The number of nitrogens with zero attached hydrogens (tertiary/aromatic N) is 1. The van der Waals surface area contributed by atoms with Gasteiger partial charge in [-0.15, -0.1) is 11.6 Å². The molecular formula is C14H18ClNO3. The van der Waals surface area contributed by atoms with Crippen molar-refractivity contribution in [2.45, 2.75) is 6.42 Å². The molecule has 1 N–H and O–H groups in total. The van der Waals surface area contributed by atoms with Gasteiger partial charge in [0.2, 0.25) is 0 Å². The van der Waals surface area contributed by atoms with Crippen molar-refractivity contribution in [3.05, 3.63) is 36.0 Å². The standard InChI is InChI=1S/C14H18ClNO3/c1-16(2)8-6-13(17)12-5-4-11(10-14(12)18)19-9-3-7-15/h4-6,8,10,18H,3,7,9H2,1-2H3/b8-6+. The molecule has 1 rings (SSSR count). The van der Waals surface area contributed by atoms with Crippen LogP contribution in [0, 0.1) is 0 Å². The van der Waals surface area contributed by atoms with Gasteiger partial charge in [-0.05, 0) is 18.6 Å². The van der Waals surface area contributed by atoms with Gasteiger partial charge in [-0.25, -0.2) is 0 Å². The quantitative estimate of drug-likeness (QED) is 0.362. The van der Waals surface area contributed by atoms with Crippen molar-refractivity contribution in [3.8, 4) is 11.5 Å². The minimum Gasteiger partial charge on any atom is -0.507 e. The van der Waals surface area contributed by atoms with Gasteiger partial charge in [-0.3, -0.25) is 4.79 Å². The molecule has 0 atom stereocenters. The highest BCUT2D eigenvalue weighted by molar-refractivity contribution is 6.17. The Morgan fingerprint density at radius 2 is 2.21 bits per heavy atom. The SMILES string of the molecule is CN(C)/C=C/C(=O)c1ccc(OCCCCl)cc1O. The van der Waals surface area contributed by atoms with Crippen molar-refractivity contribution in [3.63, 3.8) is 0 Å². The third-order valence-corrected chi connectivity index (χ3v) is 2.57. The minimum atomic E-state index is -0.251. The smallest absolute Gasteiger partial charge is 0.190 e. The molecule has 0 heterocycles. The van der Waals surface area contributed by atoms with Crippen LogP contribution in [0.4, 0.5) is 0 Å². The van der Waals surface area contributed by atoms with E-state index in [1.54, 1.807) is 23.2 Å². The molecule has 5 heteroatoms. The minimum absolute atomic E-state index is 0.0863. The number of carbonyl (C=O) groups is 1. The van der Waals surface area contributed by atoms with E-state index in [1.807, 2.05) is 14.1 Å². The van der Waals surface area contributed by atoms with E-state index in [1.165, 1.54) is 12.1 Å². The Balaban J connectivity index is 2.74. The fourth-order valence-electron chi connectivity index (χ4n) is 1.36. The van der Waals surface area contributed by atoms with Crippen LogP contribution in [-0.4, -0.2) is 42.4 Å². The molecule has 4 nitrogen and oxygen atoms in total. The number of benzene rings is 1. The van der Waals surface area contributed by atoms with Gasteiger partial charge >= 0.3 is 0 Å². The summed E-state index contributed by atoms with van der Waals surface area (Å²) < 4.78 is 5.38. The summed E-state index contributed by atoms with van der Waals surface area (Å²) in [7, 11) is 3.63. The van der Waals surface area contributed by atoms with E-state index in [0.717, 1.165) is 6.42 Å². The number of alkyl halides is 1. The van der Waals surface area contributed by atoms with Crippen LogP contribution in [0.25, 0.3) is 0 Å². The van der Waals surface area contributed by atoms with Crippen LogP contribution in [0.2, 0.25) is 0 Å². The zero-order valence-corrected chi connectivity index (χ0v) is 11.9. The fourth-order valence-corrected chi connectivity index (χ4v) is 1.47. The van der Waals surface area contributed by atoms with Crippen molar-refractivity contribution in [2.75, 3.05) is 26.6 Å². The second-order valence-corrected chi connectivity index (χ2v) is 4.59. The van der Waals surface area contributed by atoms with Gasteiger partial charge in [0.05, 0.1) is 12.2 Å². The van der Waals surface area contributed by atoms with E-state index in [2.05, 4.69) is 0 Å². The highest BCUT2D eigenvalue weighted by Crippen LogP contribution is 2.24. The Hall–Kier alpha value is -1.68. The molecule has 0 aromatic heterocycles. The topological polar surface area (TPSA) is 49.8 Å². The van der Waals surface area contributed by atoms with E-state index in [4.69, 9.17) is 16.3 Å². The predicted octanol–water partition coefficient (Wildman–Crippen LogP) is 2.66.